The van der Waals surface area contributed by atoms with Crippen LogP contribution < -0.4 is 0 Å². The minimum Gasteiger partial charge on any atom is -0.477 e. The normalized spacial score (nSPS) is 12.0. The van der Waals surface area contributed by atoms with E-state index in [4.69, 9.17) is 5.11 Å². The second-order valence-corrected chi connectivity index (χ2v) is 3.05. The molecule has 0 aliphatic heterocycles. The Morgan fingerprint density at radius 2 is 2.20 bits per heavy atom. The molecule has 0 spiro atoms. The molecule has 0 saturated heterocycles. The van der Waals surface area contributed by atoms with E-state index in [1.54, 1.807) is 0 Å². The number of hydrogen-bond acceptors (Lipinski definition) is 2. The summed E-state index contributed by atoms with van der Waals surface area (Å²) >= 11 is 0. The molecule has 0 fully saturated rings. The quantitative estimate of drug-likeness (QED) is 0.482. The van der Waals surface area contributed by atoms with Crippen LogP contribution in [0.5, 0.6) is 0 Å². The van der Waals surface area contributed by atoms with Crippen LogP contribution in [0.25, 0.3) is 0 Å². The summed E-state index contributed by atoms with van der Waals surface area (Å²) in [4.78, 5) is 9.81. The topological polar surface area (TPSA) is 54.4 Å². The molecule has 56 valence electrons. The summed E-state index contributed by atoms with van der Waals surface area (Å²) in [7, 11) is -1.51. The van der Waals surface area contributed by atoms with Crippen molar-refractivity contribution in [1.29, 1.82) is 0 Å². The zero-order chi connectivity index (χ0) is 8.15. The van der Waals surface area contributed by atoms with Gasteiger partial charge in [0.15, 0.2) is 0 Å². The highest BCUT2D eigenvalue weighted by Gasteiger charge is 2.09. The molecule has 0 aromatic heterocycles. The Balaban J connectivity index is 4.08. The van der Waals surface area contributed by atoms with Gasteiger partial charge in [0.2, 0.25) is 0 Å². The van der Waals surface area contributed by atoms with Crippen LogP contribution in [0, 0.1) is 0 Å². The fourth-order valence-corrected chi connectivity index (χ4v) is 0.915. The van der Waals surface area contributed by atoms with Crippen molar-refractivity contribution in [2.75, 3.05) is 5.75 Å². The van der Waals surface area contributed by atoms with Gasteiger partial charge in [-0.3, -0.25) is 4.21 Å². The number of carboxylic acids is 1. The Bertz CT molecular complexity index is 195. The van der Waals surface area contributed by atoms with Gasteiger partial charge < -0.3 is 5.11 Å². The highest BCUT2D eigenvalue weighted by molar-refractivity contribution is 7.90. The van der Waals surface area contributed by atoms with E-state index in [-0.39, 0.29) is 10.7 Å². The molecule has 1 atom stereocenters. The van der Waals surface area contributed by atoms with Crippen LogP contribution >= 0.6 is 0 Å². The van der Waals surface area contributed by atoms with E-state index in [0.29, 0.717) is 0 Å². The van der Waals surface area contributed by atoms with Crippen molar-refractivity contribution in [1.82, 2.24) is 0 Å². The van der Waals surface area contributed by atoms with E-state index in [9.17, 15) is 9.00 Å². The summed E-state index contributed by atoms with van der Waals surface area (Å²) in [6.45, 7) is 6.44. The summed E-state index contributed by atoms with van der Waals surface area (Å²) in [5.41, 5.74) is 0. The van der Waals surface area contributed by atoms with Gasteiger partial charge in [0.25, 0.3) is 0 Å². The van der Waals surface area contributed by atoms with Crippen molar-refractivity contribution in [3.63, 3.8) is 0 Å². The van der Waals surface area contributed by atoms with Gasteiger partial charge in [0, 0.05) is 5.75 Å². The number of hydrogen-bond donors (Lipinski definition) is 1. The first-order valence-electron chi connectivity index (χ1n) is 2.51. The first-order chi connectivity index (χ1) is 4.59. The number of aliphatic carboxylic acids is 1. The molecule has 0 aromatic rings. The average Bonchev–Trinajstić information content (AvgIpc) is 1.87. The Kier molecular flexibility index (Phi) is 3.64. The Morgan fingerprint density at radius 1 is 1.70 bits per heavy atom. The predicted octanol–water partition coefficient (Wildman–Crippen LogP) is 0.519. The van der Waals surface area contributed by atoms with Gasteiger partial charge in [-0.15, -0.1) is 6.58 Å². The van der Waals surface area contributed by atoms with Crippen molar-refractivity contribution < 1.29 is 14.1 Å². The maximum atomic E-state index is 10.7. The summed E-state index contributed by atoms with van der Waals surface area (Å²) in [6, 6.07) is 0. The van der Waals surface area contributed by atoms with Crippen LogP contribution in [-0.4, -0.2) is 21.0 Å². The van der Waals surface area contributed by atoms with Crippen molar-refractivity contribution in [2.45, 2.75) is 0 Å². The third-order valence-corrected chi connectivity index (χ3v) is 2.05. The van der Waals surface area contributed by atoms with E-state index in [1.807, 2.05) is 0 Å². The predicted molar refractivity (Wildman–Crippen MR) is 40.0 cm³/mol. The molecule has 0 bridgehead atoms. The smallest absolute Gasteiger partial charge is 0.344 e. The standard InChI is InChI=1S/C6H8O3S/c1-3-4-10(9)5(2)6(7)8/h3H,1-2,4H2,(H,7,8). The first kappa shape index (κ1) is 9.10. The maximum Gasteiger partial charge on any atom is 0.344 e. The van der Waals surface area contributed by atoms with Gasteiger partial charge in [-0.25, -0.2) is 4.79 Å². The molecule has 0 amide bonds. The number of carbonyl (C=O) groups is 1. The zero-order valence-corrected chi connectivity index (χ0v) is 6.19. The third kappa shape index (κ3) is 2.59. The molecule has 0 radical (unpaired) electrons. The molecule has 0 aliphatic carbocycles. The lowest BCUT2D eigenvalue weighted by Crippen LogP contribution is -2.07. The van der Waals surface area contributed by atoms with Gasteiger partial charge in [0.05, 0.1) is 10.8 Å². The molecule has 0 saturated carbocycles. The Labute approximate surface area is 61.5 Å². The highest BCUT2D eigenvalue weighted by Crippen LogP contribution is 1.98. The van der Waals surface area contributed by atoms with Gasteiger partial charge in [-0.2, -0.15) is 0 Å². The van der Waals surface area contributed by atoms with E-state index in [0.717, 1.165) is 0 Å². The fraction of sp³-hybridized carbons (Fsp3) is 0.167. The Morgan fingerprint density at radius 3 is 2.50 bits per heavy atom. The van der Waals surface area contributed by atoms with Crippen LogP contribution in [0.2, 0.25) is 0 Å². The summed E-state index contributed by atoms with van der Waals surface area (Å²) in [6.07, 6.45) is 1.39. The van der Waals surface area contributed by atoms with Crippen molar-refractivity contribution in [3.05, 3.63) is 24.1 Å². The van der Waals surface area contributed by atoms with E-state index >= 15 is 0 Å². The third-order valence-electron chi connectivity index (χ3n) is 0.783. The molecular weight excluding hydrogens is 152 g/mol. The number of carboxylic acid groups (broad SMARTS) is 1. The second kappa shape index (κ2) is 4.00. The summed E-state index contributed by atoms with van der Waals surface area (Å²) < 4.78 is 10.7. The largest absolute Gasteiger partial charge is 0.477 e. The lowest BCUT2D eigenvalue weighted by atomic mass is 10.7. The molecule has 4 heteroatoms. The molecule has 1 unspecified atom stereocenters. The summed E-state index contributed by atoms with van der Waals surface area (Å²) in [5.74, 6) is -1.08. The average molecular weight is 160 g/mol. The van der Waals surface area contributed by atoms with E-state index < -0.39 is 16.8 Å². The molecule has 0 heterocycles. The van der Waals surface area contributed by atoms with Gasteiger partial charge in [-0.1, -0.05) is 12.7 Å². The van der Waals surface area contributed by atoms with Crippen molar-refractivity contribution in [3.8, 4) is 0 Å². The molecule has 3 nitrogen and oxygen atoms in total. The van der Waals surface area contributed by atoms with E-state index in [1.165, 1.54) is 6.08 Å². The zero-order valence-electron chi connectivity index (χ0n) is 5.37. The highest BCUT2D eigenvalue weighted by atomic mass is 32.2. The fourth-order valence-electron chi connectivity index (χ4n) is 0.305. The van der Waals surface area contributed by atoms with E-state index in [2.05, 4.69) is 13.2 Å². The molecule has 0 rings (SSSR count). The lowest BCUT2D eigenvalue weighted by molar-refractivity contribution is -0.131. The second-order valence-electron chi connectivity index (χ2n) is 1.53. The SMILES string of the molecule is C=CCS(=O)C(=C)C(=O)O. The summed E-state index contributed by atoms with van der Waals surface area (Å²) in [5, 5.41) is 8.25. The van der Waals surface area contributed by atoms with Crippen LogP contribution in [0.1, 0.15) is 0 Å². The minimum absolute atomic E-state index is 0.144. The molecule has 1 N–H and O–H groups in total. The van der Waals surface area contributed by atoms with Gasteiger partial charge in [0.1, 0.15) is 4.91 Å². The monoisotopic (exact) mass is 160 g/mol. The Hall–Kier alpha value is -0.900. The first-order valence-corrected chi connectivity index (χ1v) is 3.83. The van der Waals surface area contributed by atoms with Gasteiger partial charge >= 0.3 is 5.97 Å². The molecule has 10 heavy (non-hydrogen) atoms. The van der Waals surface area contributed by atoms with Crippen LogP contribution in [0.15, 0.2) is 24.1 Å². The van der Waals surface area contributed by atoms with Crippen LogP contribution in [0.4, 0.5) is 0 Å². The van der Waals surface area contributed by atoms with Crippen molar-refractivity contribution >= 4 is 16.8 Å². The van der Waals surface area contributed by atoms with Crippen LogP contribution in [-0.2, 0) is 15.6 Å². The minimum atomic E-state index is -1.51. The maximum absolute atomic E-state index is 10.7. The van der Waals surface area contributed by atoms with Crippen LogP contribution in [0.3, 0.4) is 0 Å². The van der Waals surface area contributed by atoms with Crippen molar-refractivity contribution in [2.24, 2.45) is 0 Å². The van der Waals surface area contributed by atoms with Gasteiger partial charge in [-0.05, 0) is 0 Å². The lowest BCUT2D eigenvalue weighted by Gasteiger charge is -1.94. The number of rotatable bonds is 4. The molecule has 0 aromatic carbocycles. The molecule has 0 aliphatic rings. The molecular formula is C6H8O3S.